The molecule has 0 saturated heterocycles. The molecular formula is C24H51NdP. The van der Waals surface area contributed by atoms with Crippen LogP contribution in [0.25, 0.3) is 0 Å². The van der Waals surface area contributed by atoms with E-state index in [2.05, 4.69) is 13.8 Å². The van der Waals surface area contributed by atoms with Gasteiger partial charge in [0.25, 0.3) is 0 Å². The van der Waals surface area contributed by atoms with Crippen molar-refractivity contribution in [3.63, 3.8) is 0 Å². The van der Waals surface area contributed by atoms with E-state index < -0.39 is 0 Å². The molecule has 0 saturated carbocycles. The summed E-state index contributed by atoms with van der Waals surface area (Å²) in [5.41, 5.74) is 0. The Bertz CT molecular complexity index is 198. The zero-order valence-electron chi connectivity index (χ0n) is 18.6. The fourth-order valence-corrected chi connectivity index (χ4v) is 4.85. The summed E-state index contributed by atoms with van der Waals surface area (Å²) in [5.74, 6) is 0. The Hall–Kier alpha value is 1.78. The second-order valence-corrected chi connectivity index (χ2v) is 9.61. The van der Waals surface area contributed by atoms with Crippen LogP contribution in [0.1, 0.15) is 142 Å². The van der Waals surface area contributed by atoms with Crippen LogP contribution in [0.2, 0.25) is 0 Å². The molecule has 0 aromatic rings. The van der Waals surface area contributed by atoms with E-state index in [1.54, 1.807) is 0 Å². The minimum absolute atomic E-state index is 0. The largest absolute Gasteiger partial charge is 0.122 e. The summed E-state index contributed by atoms with van der Waals surface area (Å²) in [4.78, 5) is 0. The van der Waals surface area contributed by atoms with Gasteiger partial charge in [0.1, 0.15) is 0 Å². The molecule has 26 heavy (non-hydrogen) atoms. The minimum Gasteiger partial charge on any atom is -0.122 e. The second-order valence-electron chi connectivity index (χ2n) is 8.11. The molecular weight excluding hydrogens is 463 g/mol. The molecule has 0 aliphatic heterocycles. The Morgan fingerprint density at radius 2 is 0.577 bits per heavy atom. The Labute approximate surface area is 202 Å². The third kappa shape index (κ3) is 28.0. The van der Waals surface area contributed by atoms with E-state index >= 15 is 0 Å². The van der Waals surface area contributed by atoms with Gasteiger partial charge >= 0.3 is 0 Å². The fourth-order valence-electron chi connectivity index (χ4n) is 3.60. The van der Waals surface area contributed by atoms with Gasteiger partial charge in [-0.05, 0) is 25.2 Å². The van der Waals surface area contributed by atoms with Crippen LogP contribution in [0.15, 0.2) is 0 Å². The Kier molecular flexibility index (Phi) is 33.4. The van der Waals surface area contributed by atoms with Gasteiger partial charge in [-0.25, -0.2) is 0 Å². The molecule has 156 valence electrons. The van der Waals surface area contributed by atoms with Crippen molar-refractivity contribution in [2.24, 2.45) is 0 Å². The summed E-state index contributed by atoms with van der Waals surface area (Å²) >= 11 is 0. The van der Waals surface area contributed by atoms with E-state index in [0.717, 1.165) is 0 Å². The van der Waals surface area contributed by atoms with E-state index in [1.165, 1.54) is 149 Å². The molecule has 0 bridgehead atoms. The Morgan fingerprint density at radius 1 is 0.346 bits per heavy atom. The molecule has 0 rings (SSSR count). The summed E-state index contributed by atoms with van der Waals surface area (Å²) in [6, 6.07) is 0. The molecule has 2 heteroatoms. The van der Waals surface area contributed by atoms with E-state index in [9.17, 15) is 0 Å². The van der Waals surface area contributed by atoms with Crippen LogP contribution < -0.4 is 0 Å². The van der Waals surface area contributed by atoms with Gasteiger partial charge in [0.2, 0.25) is 0 Å². The first-order valence-electron chi connectivity index (χ1n) is 12.1. The average Bonchev–Trinajstić information content (AvgIpc) is 2.63. The summed E-state index contributed by atoms with van der Waals surface area (Å²) in [6.45, 7) is 4.61. The van der Waals surface area contributed by atoms with Gasteiger partial charge in [-0.1, -0.05) is 129 Å². The smallest absolute Gasteiger partial charge is 0 e. The van der Waals surface area contributed by atoms with Crippen LogP contribution in [0.4, 0.5) is 0 Å². The molecule has 0 aliphatic carbocycles. The van der Waals surface area contributed by atoms with Crippen molar-refractivity contribution in [1.29, 1.82) is 0 Å². The zero-order valence-corrected chi connectivity index (χ0v) is 22.8. The fraction of sp³-hybridized carbons (Fsp3) is 1.00. The monoisotopic (exact) mass is 512 g/mol. The summed E-state index contributed by atoms with van der Waals surface area (Å²) in [6.07, 6.45) is 32.5. The van der Waals surface area contributed by atoms with Gasteiger partial charge in [-0.3, -0.25) is 0 Å². The number of rotatable bonds is 22. The van der Waals surface area contributed by atoms with Gasteiger partial charge < -0.3 is 0 Å². The first-order valence-corrected chi connectivity index (χ1v) is 13.5. The summed E-state index contributed by atoms with van der Waals surface area (Å²) in [7, 11) is 1.26. The summed E-state index contributed by atoms with van der Waals surface area (Å²) in [5, 5.41) is 0. The van der Waals surface area contributed by atoms with Crippen molar-refractivity contribution in [2.75, 3.05) is 12.3 Å². The first kappa shape index (κ1) is 30.0. The second kappa shape index (κ2) is 29.0. The molecule has 0 aliphatic rings. The van der Waals surface area contributed by atoms with Crippen LogP contribution in [0.3, 0.4) is 0 Å². The Balaban J connectivity index is 0. The van der Waals surface area contributed by atoms with Crippen LogP contribution in [0.5, 0.6) is 0 Å². The van der Waals surface area contributed by atoms with Gasteiger partial charge in [0.05, 0.1) is 0 Å². The van der Waals surface area contributed by atoms with Gasteiger partial charge in [0, 0.05) is 40.8 Å². The first-order chi connectivity index (χ1) is 12.4. The molecule has 0 aromatic carbocycles. The molecule has 0 spiro atoms. The SMILES string of the molecule is CCCCCCCCCCCCPCCCCCCCCCCCC.[Nd]. The normalized spacial score (nSPS) is 10.8. The van der Waals surface area contributed by atoms with Crippen LogP contribution in [-0.4, -0.2) is 12.3 Å². The topological polar surface area (TPSA) is 0 Å². The van der Waals surface area contributed by atoms with E-state index in [4.69, 9.17) is 0 Å². The standard InChI is InChI=1S/C24H51P.Nd/c1-3-5-7-9-11-13-15-17-19-21-23-25-24-22-20-18-16-14-12-10-8-6-4-2;/h25H,3-24H2,1-2H3;. The third-order valence-corrected chi connectivity index (χ3v) is 6.83. The maximum atomic E-state index is 2.30. The van der Waals surface area contributed by atoms with Gasteiger partial charge in [0.15, 0.2) is 0 Å². The molecule has 0 aromatic heterocycles. The molecule has 0 fully saturated rings. The van der Waals surface area contributed by atoms with E-state index in [0.29, 0.717) is 0 Å². The van der Waals surface area contributed by atoms with E-state index in [-0.39, 0.29) is 40.8 Å². The number of hydrogen-bond donors (Lipinski definition) is 0. The van der Waals surface area contributed by atoms with Crippen molar-refractivity contribution in [3.8, 4) is 0 Å². The van der Waals surface area contributed by atoms with E-state index in [1.807, 2.05) is 0 Å². The minimum atomic E-state index is 0. The van der Waals surface area contributed by atoms with Gasteiger partial charge in [-0.15, -0.1) is 8.58 Å². The molecule has 0 amide bonds. The van der Waals surface area contributed by atoms with Gasteiger partial charge in [-0.2, -0.15) is 0 Å². The maximum absolute atomic E-state index is 2.30. The van der Waals surface area contributed by atoms with Crippen molar-refractivity contribution in [2.45, 2.75) is 142 Å². The van der Waals surface area contributed by atoms with Crippen molar-refractivity contribution in [1.82, 2.24) is 0 Å². The summed E-state index contributed by atoms with van der Waals surface area (Å²) < 4.78 is 0. The molecule has 0 atom stereocenters. The Morgan fingerprint density at radius 3 is 0.846 bits per heavy atom. The number of hydrogen-bond acceptors (Lipinski definition) is 0. The average molecular weight is 515 g/mol. The van der Waals surface area contributed by atoms with Crippen molar-refractivity contribution < 1.29 is 40.8 Å². The third-order valence-electron chi connectivity index (χ3n) is 5.41. The van der Waals surface area contributed by atoms with Crippen LogP contribution in [0, 0.1) is 40.8 Å². The van der Waals surface area contributed by atoms with Crippen molar-refractivity contribution in [3.05, 3.63) is 0 Å². The molecule has 0 N–H and O–H groups in total. The van der Waals surface area contributed by atoms with Crippen LogP contribution >= 0.6 is 8.58 Å². The predicted octanol–water partition coefficient (Wildman–Crippen LogP) is 9.51. The molecule has 0 unspecified atom stereocenters. The van der Waals surface area contributed by atoms with Crippen LogP contribution in [-0.2, 0) is 0 Å². The predicted molar refractivity (Wildman–Crippen MR) is 122 cm³/mol. The molecule has 0 nitrogen and oxygen atoms in total. The number of unbranched alkanes of at least 4 members (excludes halogenated alkanes) is 18. The van der Waals surface area contributed by atoms with Crippen molar-refractivity contribution >= 4 is 8.58 Å². The zero-order chi connectivity index (χ0) is 18.3. The maximum Gasteiger partial charge on any atom is 0 e. The molecule has 0 heterocycles. The molecule has 0 radical (unpaired) electrons. The quantitative estimate of drug-likeness (QED) is 0.0996.